The van der Waals surface area contributed by atoms with E-state index in [-0.39, 0.29) is 0 Å². The number of rotatable bonds is 5. The summed E-state index contributed by atoms with van der Waals surface area (Å²) in [4.78, 5) is 2.47. The molecule has 1 saturated heterocycles. The van der Waals surface area contributed by atoms with Crippen molar-refractivity contribution in [1.29, 1.82) is 0 Å². The third-order valence-corrected chi connectivity index (χ3v) is 3.48. The summed E-state index contributed by atoms with van der Waals surface area (Å²) >= 11 is 0. The first kappa shape index (κ1) is 13.4. The van der Waals surface area contributed by atoms with Crippen molar-refractivity contribution in [3.8, 4) is 0 Å². The third kappa shape index (κ3) is 3.24. The van der Waals surface area contributed by atoms with Gasteiger partial charge in [-0.05, 0) is 38.4 Å². The summed E-state index contributed by atoms with van der Waals surface area (Å²) < 4.78 is 5.78. The van der Waals surface area contributed by atoms with Crippen molar-refractivity contribution < 1.29 is 4.74 Å². The first-order valence-corrected chi connectivity index (χ1v) is 6.94. The van der Waals surface area contributed by atoms with E-state index in [2.05, 4.69) is 41.4 Å². The zero-order chi connectivity index (χ0) is 12.8. The molecule has 1 aliphatic heterocycles. The van der Waals surface area contributed by atoms with E-state index in [0.29, 0.717) is 6.10 Å². The predicted octanol–water partition coefficient (Wildman–Crippen LogP) is 2.41. The number of para-hydroxylation sites is 1. The van der Waals surface area contributed by atoms with E-state index >= 15 is 0 Å². The highest BCUT2D eigenvalue weighted by molar-refractivity contribution is 5.54. The number of nitrogens with zero attached hydrogens (tertiary/aromatic N) is 1. The molecule has 1 unspecified atom stereocenters. The maximum Gasteiger partial charge on any atom is 0.0750 e. The van der Waals surface area contributed by atoms with Crippen LogP contribution in [0.1, 0.15) is 25.3 Å². The van der Waals surface area contributed by atoms with E-state index in [9.17, 15) is 0 Å². The maximum absolute atomic E-state index is 5.78. The molecule has 0 aromatic heterocycles. The van der Waals surface area contributed by atoms with E-state index in [1.807, 2.05) is 7.05 Å². The Labute approximate surface area is 110 Å². The Morgan fingerprint density at radius 3 is 3.00 bits per heavy atom. The van der Waals surface area contributed by atoms with E-state index in [4.69, 9.17) is 4.74 Å². The normalized spacial score (nSPS) is 20.1. The number of ether oxygens (including phenoxy) is 1. The summed E-state index contributed by atoms with van der Waals surface area (Å²) in [6, 6.07) is 8.66. The zero-order valence-electron chi connectivity index (χ0n) is 11.5. The van der Waals surface area contributed by atoms with Gasteiger partial charge in [-0.1, -0.05) is 18.2 Å². The van der Waals surface area contributed by atoms with Crippen LogP contribution in [-0.2, 0) is 11.3 Å². The largest absolute Gasteiger partial charge is 0.377 e. The van der Waals surface area contributed by atoms with Gasteiger partial charge in [0.1, 0.15) is 0 Å². The molecule has 1 aromatic carbocycles. The van der Waals surface area contributed by atoms with Crippen LogP contribution in [0.15, 0.2) is 24.3 Å². The molecule has 1 fully saturated rings. The number of benzene rings is 1. The monoisotopic (exact) mass is 248 g/mol. The van der Waals surface area contributed by atoms with Gasteiger partial charge in [0.05, 0.1) is 6.10 Å². The van der Waals surface area contributed by atoms with Gasteiger partial charge in [0.25, 0.3) is 0 Å². The van der Waals surface area contributed by atoms with Crippen LogP contribution >= 0.6 is 0 Å². The van der Waals surface area contributed by atoms with Gasteiger partial charge in [0.2, 0.25) is 0 Å². The molecule has 0 amide bonds. The molecule has 0 spiro atoms. The zero-order valence-corrected chi connectivity index (χ0v) is 11.5. The molecule has 1 N–H and O–H groups in total. The lowest BCUT2D eigenvalue weighted by Crippen LogP contribution is -2.40. The van der Waals surface area contributed by atoms with Gasteiger partial charge in [-0.2, -0.15) is 0 Å². The smallest absolute Gasteiger partial charge is 0.0750 e. The molecule has 1 atom stereocenters. The Kier molecular flexibility index (Phi) is 5.02. The van der Waals surface area contributed by atoms with Crippen LogP contribution in [-0.4, -0.2) is 32.8 Å². The molecule has 0 radical (unpaired) electrons. The molecule has 3 nitrogen and oxygen atoms in total. The number of anilines is 1. The fourth-order valence-electron chi connectivity index (χ4n) is 2.69. The standard InChI is InChI=1S/C15H24N2O/c1-3-18-14-8-6-10-17(12-14)15-9-5-4-7-13(15)11-16-2/h4-5,7,9,14,16H,3,6,8,10-12H2,1-2H3. The van der Waals surface area contributed by atoms with Crippen LogP contribution in [0.4, 0.5) is 5.69 Å². The van der Waals surface area contributed by atoms with E-state index in [0.717, 1.165) is 26.2 Å². The van der Waals surface area contributed by atoms with E-state index in [1.165, 1.54) is 24.1 Å². The van der Waals surface area contributed by atoms with Crippen molar-refractivity contribution in [3.63, 3.8) is 0 Å². The fraction of sp³-hybridized carbons (Fsp3) is 0.600. The maximum atomic E-state index is 5.78. The first-order chi connectivity index (χ1) is 8.85. The van der Waals surface area contributed by atoms with E-state index in [1.54, 1.807) is 0 Å². The van der Waals surface area contributed by atoms with Gasteiger partial charge in [0, 0.05) is 31.9 Å². The molecular weight excluding hydrogens is 224 g/mol. The Balaban J connectivity index is 2.10. The second-order valence-corrected chi connectivity index (χ2v) is 4.82. The van der Waals surface area contributed by atoms with Crippen LogP contribution < -0.4 is 10.2 Å². The van der Waals surface area contributed by atoms with Crippen molar-refractivity contribution in [2.75, 3.05) is 31.6 Å². The van der Waals surface area contributed by atoms with Crippen molar-refractivity contribution in [2.24, 2.45) is 0 Å². The van der Waals surface area contributed by atoms with Gasteiger partial charge in [0.15, 0.2) is 0 Å². The Bertz CT molecular complexity index is 365. The third-order valence-electron chi connectivity index (χ3n) is 3.48. The quantitative estimate of drug-likeness (QED) is 0.866. The predicted molar refractivity (Wildman–Crippen MR) is 76.1 cm³/mol. The molecule has 3 heteroatoms. The minimum Gasteiger partial charge on any atom is -0.377 e. The lowest BCUT2D eigenvalue weighted by atomic mass is 10.0. The summed E-state index contributed by atoms with van der Waals surface area (Å²) in [5, 5.41) is 3.24. The van der Waals surface area contributed by atoms with Crippen LogP contribution in [0.5, 0.6) is 0 Å². The topological polar surface area (TPSA) is 24.5 Å². The molecule has 0 saturated carbocycles. The van der Waals surface area contributed by atoms with Crippen LogP contribution in [0, 0.1) is 0 Å². The molecule has 1 aliphatic rings. The van der Waals surface area contributed by atoms with Crippen molar-refractivity contribution in [3.05, 3.63) is 29.8 Å². The second-order valence-electron chi connectivity index (χ2n) is 4.82. The number of nitrogens with one attached hydrogen (secondary N) is 1. The highest BCUT2D eigenvalue weighted by atomic mass is 16.5. The highest BCUT2D eigenvalue weighted by Gasteiger charge is 2.21. The molecule has 0 aliphatic carbocycles. The molecule has 2 rings (SSSR count). The van der Waals surface area contributed by atoms with Crippen molar-refractivity contribution >= 4 is 5.69 Å². The minimum atomic E-state index is 0.395. The van der Waals surface area contributed by atoms with Gasteiger partial charge in [-0.3, -0.25) is 0 Å². The Hall–Kier alpha value is -1.06. The molecule has 18 heavy (non-hydrogen) atoms. The Morgan fingerprint density at radius 2 is 2.22 bits per heavy atom. The Morgan fingerprint density at radius 1 is 1.39 bits per heavy atom. The summed E-state index contributed by atoms with van der Waals surface area (Å²) in [7, 11) is 2.00. The van der Waals surface area contributed by atoms with Crippen LogP contribution in [0.2, 0.25) is 0 Å². The van der Waals surface area contributed by atoms with Crippen LogP contribution in [0.3, 0.4) is 0 Å². The fourth-order valence-corrected chi connectivity index (χ4v) is 2.69. The number of hydrogen-bond acceptors (Lipinski definition) is 3. The molecular formula is C15H24N2O. The summed E-state index contributed by atoms with van der Waals surface area (Å²) in [6.45, 7) is 5.98. The van der Waals surface area contributed by atoms with Crippen LogP contribution in [0.25, 0.3) is 0 Å². The SMILES string of the molecule is CCOC1CCCN(c2ccccc2CNC)C1. The second kappa shape index (κ2) is 6.76. The lowest BCUT2D eigenvalue weighted by molar-refractivity contribution is 0.0526. The molecule has 0 bridgehead atoms. The molecule has 100 valence electrons. The average Bonchev–Trinajstić information content (AvgIpc) is 2.40. The lowest BCUT2D eigenvalue weighted by Gasteiger charge is -2.35. The number of hydrogen-bond donors (Lipinski definition) is 1. The average molecular weight is 248 g/mol. The van der Waals surface area contributed by atoms with E-state index < -0.39 is 0 Å². The van der Waals surface area contributed by atoms with Gasteiger partial charge in [-0.15, -0.1) is 0 Å². The highest BCUT2D eigenvalue weighted by Crippen LogP contribution is 2.25. The minimum absolute atomic E-state index is 0.395. The molecule has 1 aromatic rings. The van der Waals surface area contributed by atoms with Gasteiger partial charge in [-0.25, -0.2) is 0 Å². The summed E-state index contributed by atoms with van der Waals surface area (Å²) in [5.74, 6) is 0. The number of piperidine rings is 1. The van der Waals surface area contributed by atoms with Crippen molar-refractivity contribution in [1.82, 2.24) is 5.32 Å². The first-order valence-electron chi connectivity index (χ1n) is 6.94. The van der Waals surface area contributed by atoms with Gasteiger partial charge >= 0.3 is 0 Å². The summed E-state index contributed by atoms with van der Waals surface area (Å²) in [5.41, 5.74) is 2.73. The molecule has 1 heterocycles. The van der Waals surface area contributed by atoms with Gasteiger partial charge < -0.3 is 15.0 Å². The van der Waals surface area contributed by atoms with Crippen molar-refractivity contribution in [2.45, 2.75) is 32.4 Å². The summed E-state index contributed by atoms with van der Waals surface area (Å²) in [6.07, 6.45) is 2.81.